The first-order valence-electron chi connectivity index (χ1n) is 10.8. The minimum Gasteiger partial charge on any atom is -0.457 e. The van der Waals surface area contributed by atoms with Crippen molar-refractivity contribution in [2.45, 2.75) is 20.3 Å². The zero-order valence-electron chi connectivity index (χ0n) is 18.3. The summed E-state index contributed by atoms with van der Waals surface area (Å²) in [4.78, 5) is 12.6. The van der Waals surface area contributed by atoms with E-state index in [1.54, 1.807) is 6.07 Å². The summed E-state index contributed by atoms with van der Waals surface area (Å²) in [7, 11) is 0. The van der Waals surface area contributed by atoms with Crippen LogP contribution in [-0.2, 0) is 4.79 Å². The summed E-state index contributed by atoms with van der Waals surface area (Å²) in [5, 5.41) is 4.33. The molecule has 0 aliphatic carbocycles. The van der Waals surface area contributed by atoms with Gasteiger partial charge in [0.1, 0.15) is 17.3 Å². The molecule has 0 spiro atoms. The summed E-state index contributed by atoms with van der Waals surface area (Å²) in [6.45, 7) is 4.29. The van der Waals surface area contributed by atoms with Gasteiger partial charge in [-0.25, -0.2) is 4.79 Å². The lowest BCUT2D eigenvalue weighted by molar-refractivity contribution is -0.129. The summed E-state index contributed by atoms with van der Waals surface area (Å²) in [5.41, 5.74) is 0. The van der Waals surface area contributed by atoms with Crippen molar-refractivity contribution in [2.75, 3.05) is 0 Å². The van der Waals surface area contributed by atoms with Crippen molar-refractivity contribution < 1.29 is 14.3 Å². The molecule has 0 saturated carbocycles. The summed E-state index contributed by atoms with van der Waals surface area (Å²) in [6, 6.07) is 27.5. The zero-order chi connectivity index (χ0) is 22.3. The first-order chi connectivity index (χ1) is 15.6. The quantitative estimate of drug-likeness (QED) is 0.102. The second kappa shape index (κ2) is 9.97. The molecule has 3 nitrogen and oxygen atoms in total. The van der Waals surface area contributed by atoms with Crippen LogP contribution < -0.4 is 9.47 Å². The number of benzene rings is 4. The van der Waals surface area contributed by atoms with E-state index in [1.807, 2.05) is 84.9 Å². The third kappa shape index (κ3) is 5.64. The molecule has 4 aromatic rings. The number of carbonyl (C=O) groups is 1. The van der Waals surface area contributed by atoms with E-state index in [9.17, 15) is 4.79 Å². The van der Waals surface area contributed by atoms with Crippen molar-refractivity contribution in [1.82, 2.24) is 0 Å². The lowest BCUT2D eigenvalue weighted by Gasteiger charge is -2.09. The van der Waals surface area contributed by atoms with Crippen LogP contribution in [0.4, 0.5) is 0 Å². The molecule has 0 amide bonds. The zero-order valence-corrected chi connectivity index (χ0v) is 18.3. The predicted molar refractivity (Wildman–Crippen MR) is 131 cm³/mol. The van der Waals surface area contributed by atoms with Gasteiger partial charge in [-0.15, -0.1) is 0 Å². The smallest absolute Gasteiger partial charge is 0.339 e. The van der Waals surface area contributed by atoms with Gasteiger partial charge in [0.2, 0.25) is 0 Å². The number of allylic oxidation sites excluding steroid dienone is 2. The van der Waals surface area contributed by atoms with Gasteiger partial charge in [0.05, 0.1) is 6.08 Å². The first-order valence-corrected chi connectivity index (χ1v) is 10.8. The van der Waals surface area contributed by atoms with E-state index >= 15 is 0 Å². The van der Waals surface area contributed by atoms with E-state index in [4.69, 9.17) is 9.47 Å². The first kappa shape index (κ1) is 21.4. The van der Waals surface area contributed by atoms with Gasteiger partial charge in [-0.1, -0.05) is 80.6 Å². The molecule has 0 heterocycles. The minimum absolute atomic E-state index is 0.437. The highest BCUT2D eigenvalue weighted by Crippen LogP contribution is 2.24. The Hall–Kier alpha value is -3.85. The topological polar surface area (TPSA) is 35.5 Å². The SMILES string of the molecule is CC(C)C/C=C/C(=C\C(=O)Oc1ccc2ccccc2c1)Oc1ccc2ccccc2c1. The average molecular weight is 423 g/mol. The van der Waals surface area contributed by atoms with Crippen LogP contribution in [-0.4, -0.2) is 5.97 Å². The summed E-state index contributed by atoms with van der Waals surface area (Å²) >= 11 is 0. The Morgan fingerprint density at radius 3 is 1.84 bits per heavy atom. The number of hydrogen-bond acceptors (Lipinski definition) is 3. The molecule has 0 atom stereocenters. The van der Waals surface area contributed by atoms with E-state index in [-0.39, 0.29) is 0 Å². The van der Waals surface area contributed by atoms with Gasteiger partial charge in [-0.2, -0.15) is 0 Å². The molecule has 0 bridgehead atoms. The summed E-state index contributed by atoms with van der Waals surface area (Å²) < 4.78 is 11.6. The fourth-order valence-corrected chi connectivity index (χ4v) is 3.43. The van der Waals surface area contributed by atoms with Gasteiger partial charge >= 0.3 is 5.97 Å². The molecule has 0 saturated heterocycles. The maximum absolute atomic E-state index is 12.6. The summed E-state index contributed by atoms with van der Waals surface area (Å²) in [6.07, 6.45) is 6.12. The molecule has 0 N–H and O–H groups in total. The number of rotatable bonds is 7. The van der Waals surface area contributed by atoms with Crippen LogP contribution in [0.2, 0.25) is 0 Å². The Morgan fingerprint density at radius 2 is 1.28 bits per heavy atom. The molecule has 0 aliphatic rings. The standard InChI is InChI=1S/C29H26O3/c1-21(2)8-7-13-26(31-27-16-14-22-9-3-5-11-24(22)18-27)20-29(30)32-28-17-15-23-10-4-6-12-25(23)19-28/h3-7,9-21H,8H2,1-2H3/b13-7+,26-20+. The molecule has 4 aromatic carbocycles. The monoisotopic (exact) mass is 422 g/mol. The Labute approximate surface area is 188 Å². The number of hydrogen-bond donors (Lipinski definition) is 0. The van der Waals surface area contributed by atoms with Crippen LogP contribution in [0.1, 0.15) is 20.3 Å². The predicted octanol–water partition coefficient (Wildman–Crippen LogP) is 7.46. The van der Waals surface area contributed by atoms with E-state index < -0.39 is 5.97 Å². The third-order valence-corrected chi connectivity index (χ3v) is 5.05. The Bertz CT molecular complexity index is 1300. The van der Waals surface area contributed by atoms with Crippen molar-refractivity contribution in [3.8, 4) is 11.5 Å². The van der Waals surface area contributed by atoms with Crippen molar-refractivity contribution in [3.05, 3.63) is 109 Å². The highest BCUT2D eigenvalue weighted by Gasteiger charge is 2.07. The van der Waals surface area contributed by atoms with Gasteiger partial charge < -0.3 is 9.47 Å². The Balaban J connectivity index is 1.55. The maximum Gasteiger partial charge on any atom is 0.339 e. The van der Waals surface area contributed by atoms with E-state index in [2.05, 4.69) is 19.9 Å². The van der Waals surface area contributed by atoms with Crippen LogP contribution in [0.15, 0.2) is 109 Å². The van der Waals surface area contributed by atoms with Gasteiger partial charge in [0.25, 0.3) is 0 Å². The number of ether oxygens (including phenoxy) is 2. The molecule has 0 aromatic heterocycles. The molecule has 0 fully saturated rings. The van der Waals surface area contributed by atoms with Crippen LogP contribution in [0.25, 0.3) is 21.5 Å². The van der Waals surface area contributed by atoms with E-state index in [0.717, 1.165) is 28.0 Å². The van der Waals surface area contributed by atoms with E-state index in [0.29, 0.717) is 23.2 Å². The highest BCUT2D eigenvalue weighted by molar-refractivity contribution is 5.88. The molecule has 0 radical (unpaired) electrons. The molecule has 3 heteroatoms. The second-order valence-corrected chi connectivity index (χ2v) is 8.12. The maximum atomic E-state index is 12.6. The van der Waals surface area contributed by atoms with Crippen molar-refractivity contribution >= 4 is 27.5 Å². The number of fused-ring (bicyclic) bond motifs is 2. The minimum atomic E-state index is -0.481. The lowest BCUT2D eigenvalue weighted by Crippen LogP contribution is -2.07. The molecule has 0 aliphatic heterocycles. The van der Waals surface area contributed by atoms with Crippen molar-refractivity contribution in [1.29, 1.82) is 0 Å². The third-order valence-electron chi connectivity index (χ3n) is 5.05. The fourth-order valence-electron chi connectivity index (χ4n) is 3.43. The average Bonchev–Trinajstić information content (AvgIpc) is 2.78. The van der Waals surface area contributed by atoms with Crippen molar-refractivity contribution in [2.24, 2.45) is 5.92 Å². The van der Waals surface area contributed by atoms with Gasteiger partial charge in [0.15, 0.2) is 0 Å². The van der Waals surface area contributed by atoms with Gasteiger partial charge in [-0.05, 0) is 64.2 Å². The molecule has 0 unspecified atom stereocenters. The van der Waals surface area contributed by atoms with Gasteiger partial charge in [-0.3, -0.25) is 0 Å². The van der Waals surface area contributed by atoms with Crippen LogP contribution in [0.5, 0.6) is 11.5 Å². The number of carbonyl (C=O) groups excluding carboxylic acids is 1. The fraction of sp³-hybridized carbons (Fsp3) is 0.138. The van der Waals surface area contributed by atoms with E-state index in [1.165, 1.54) is 6.08 Å². The molecule has 4 rings (SSSR count). The van der Waals surface area contributed by atoms with Gasteiger partial charge in [0, 0.05) is 0 Å². The Morgan fingerprint density at radius 1 is 0.750 bits per heavy atom. The van der Waals surface area contributed by atoms with Crippen LogP contribution in [0.3, 0.4) is 0 Å². The number of esters is 1. The highest BCUT2D eigenvalue weighted by atomic mass is 16.5. The van der Waals surface area contributed by atoms with Crippen molar-refractivity contribution in [3.63, 3.8) is 0 Å². The largest absolute Gasteiger partial charge is 0.457 e. The van der Waals surface area contributed by atoms with Crippen LogP contribution >= 0.6 is 0 Å². The molecule has 32 heavy (non-hydrogen) atoms. The molecular formula is C29H26O3. The Kier molecular flexibility index (Phi) is 6.66. The molecule has 160 valence electrons. The second-order valence-electron chi connectivity index (χ2n) is 8.12. The summed E-state index contributed by atoms with van der Waals surface area (Å²) in [5.74, 6) is 1.64. The lowest BCUT2D eigenvalue weighted by atomic mass is 10.1. The molecular weight excluding hydrogens is 396 g/mol. The normalized spacial score (nSPS) is 12.0. The van der Waals surface area contributed by atoms with Crippen LogP contribution in [0, 0.1) is 5.92 Å².